The van der Waals surface area contributed by atoms with Gasteiger partial charge in [-0.1, -0.05) is 19.0 Å². The average molecular weight is 259 g/mol. The van der Waals surface area contributed by atoms with Crippen molar-refractivity contribution in [2.24, 2.45) is 22.2 Å². The van der Waals surface area contributed by atoms with Gasteiger partial charge in [0.2, 0.25) is 5.91 Å². The molecule has 0 saturated carbocycles. The Kier molecular flexibility index (Phi) is 6.68. The van der Waals surface area contributed by atoms with Gasteiger partial charge in [0.1, 0.15) is 5.41 Å². The van der Waals surface area contributed by atoms with Gasteiger partial charge in [-0.2, -0.15) is 0 Å². The lowest BCUT2D eigenvalue weighted by atomic mass is 9.90. The van der Waals surface area contributed by atoms with E-state index in [-0.39, 0.29) is 11.7 Å². The molecule has 0 aromatic carbocycles. The molecule has 0 aliphatic heterocycles. The van der Waals surface area contributed by atoms with Crippen LogP contribution in [0, 0.1) is 11.3 Å². The molecule has 0 aromatic rings. The minimum Gasteiger partial charge on any atom is -0.409 e. The molecule has 0 aliphatic carbocycles. The number of nitrogens with two attached hydrogens (primary N) is 1. The molecular weight excluding hydrogens is 234 g/mol. The maximum atomic E-state index is 12.4. The van der Waals surface area contributed by atoms with Crippen molar-refractivity contribution >= 4 is 11.7 Å². The molecule has 0 aromatic heterocycles. The number of amidine groups is 1. The summed E-state index contributed by atoms with van der Waals surface area (Å²) in [7, 11) is 1.59. The van der Waals surface area contributed by atoms with Gasteiger partial charge in [0.05, 0.1) is 6.61 Å². The number of hydrogen-bond acceptors (Lipinski definition) is 4. The van der Waals surface area contributed by atoms with E-state index in [1.165, 1.54) is 0 Å². The summed E-state index contributed by atoms with van der Waals surface area (Å²) in [5, 5.41) is 11.7. The Bertz CT molecular complexity index is 301. The summed E-state index contributed by atoms with van der Waals surface area (Å²) in [5.41, 5.74) is 4.55. The second-order valence-electron chi connectivity index (χ2n) is 5.25. The standard InChI is InChI=1S/C12H25N3O3/c1-9(2)8-15(6-7-18-5)11(16)12(3,4)10(13)14-17/h9,17H,6-8H2,1-5H3,(H2,13,14). The maximum Gasteiger partial charge on any atom is 0.236 e. The van der Waals surface area contributed by atoms with E-state index in [2.05, 4.69) is 5.16 Å². The number of methoxy groups -OCH3 is 1. The van der Waals surface area contributed by atoms with E-state index in [9.17, 15) is 4.79 Å². The monoisotopic (exact) mass is 259 g/mol. The molecule has 0 heterocycles. The Morgan fingerprint density at radius 1 is 1.50 bits per heavy atom. The zero-order valence-electron chi connectivity index (χ0n) is 11.9. The van der Waals surface area contributed by atoms with Crippen LogP contribution < -0.4 is 5.73 Å². The zero-order chi connectivity index (χ0) is 14.3. The van der Waals surface area contributed by atoms with Crippen molar-refractivity contribution in [3.8, 4) is 0 Å². The van der Waals surface area contributed by atoms with Crippen LogP contribution in [0.15, 0.2) is 5.16 Å². The molecule has 0 bridgehead atoms. The quantitative estimate of drug-likeness (QED) is 0.307. The number of nitrogens with zero attached hydrogens (tertiary/aromatic N) is 2. The summed E-state index contributed by atoms with van der Waals surface area (Å²) >= 11 is 0. The molecule has 18 heavy (non-hydrogen) atoms. The highest BCUT2D eigenvalue weighted by atomic mass is 16.5. The highest BCUT2D eigenvalue weighted by Crippen LogP contribution is 2.20. The first-order valence-electron chi connectivity index (χ1n) is 6.03. The van der Waals surface area contributed by atoms with E-state index in [0.29, 0.717) is 25.6 Å². The summed E-state index contributed by atoms with van der Waals surface area (Å²) in [5.74, 6) is 0.0936. The Labute approximate surface area is 109 Å². The van der Waals surface area contributed by atoms with Crippen LogP contribution in [0.1, 0.15) is 27.7 Å². The molecule has 0 spiro atoms. The fourth-order valence-corrected chi connectivity index (χ4v) is 1.55. The van der Waals surface area contributed by atoms with Crippen LogP contribution >= 0.6 is 0 Å². The normalized spacial score (nSPS) is 12.9. The highest BCUT2D eigenvalue weighted by molar-refractivity contribution is 6.05. The lowest BCUT2D eigenvalue weighted by Crippen LogP contribution is -2.49. The van der Waals surface area contributed by atoms with E-state index in [0.717, 1.165) is 0 Å². The van der Waals surface area contributed by atoms with Gasteiger partial charge in [-0.05, 0) is 19.8 Å². The third-order valence-corrected chi connectivity index (χ3v) is 2.72. The molecule has 0 rings (SSSR count). The molecule has 0 aliphatic rings. The van der Waals surface area contributed by atoms with Gasteiger partial charge in [0, 0.05) is 20.2 Å². The molecule has 3 N–H and O–H groups in total. The van der Waals surface area contributed by atoms with Gasteiger partial charge in [-0.3, -0.25) is 4.79 Å². The lowest BCUT2D eigenvalue weighted by molar-refractivity contribution is -0.138. The number of carbonyl (C=O) groups is 1. The first-order valence-corrected chi connectivity index (χ1v) is 6.03. The van der Waals surface area contributed by atoms with Crippen molar-refractivity contribution in [2.45, 2.75) is 27.7 Å². The predicted molar refractivity (Wildman–Crippen MR) is 70.5 cm³/mol. The molecule has 106 valence electrons. The largest absolute Gasteiger partial charge is 0.409 e. The Balaban J connectivity index is 4.93. The van der Waals surface area contributed by atoms with Crippen LogP contribution in [0.2, 0.25) is 0 Å². The zero-order valence-corrected chi connectivity index (χ0v) is 11.9. The van der Waals surface area contributed by atoms with Gasteiger partial charge in [-0.25, -0.2) is 0 Å². The third-order valence-electron chi connectivity index (χ3n) is 2.72. The average Bonchev–Trinajstić information content (AvgIpc) is 2.31. The van der Waals surface area contributed by atoms with Crippen molar-refractivity contribution < 1.29 is 14.7 Å². The van der Waals surface area contributed by atoms with Crippen LogP contribution in [0.25, 0.3) is 0 Å². The van der Waals surface area contributed by atoms with Crippen LogP contribution in [-0.2, 0) is 9.53 Å². The maximum absolute atomic E-state index is 12.4. The summed E-state index contributed by atoms with van der Waals surface area (Å²) < 4.78 is 5.00. The smallest absolute Gasteiger partial charge is 0.236 e. The first kappa shape index (κ1) is 16.7. The minimum absolute atomic E-state index is 0.0846. The molecule has 0 saturated heterocycles. The highest BCUT2D eigenvalue weighted by Gasteiger charge is 2.36. The van der Waals surface area contributed by atoms with Crippen LogP contribution in [0.5, 0.6) is 0 Å². The fraction of sp³-hybridized carbons (Fsp3) is 0.833. The Morgan fingerprint density at radius 3 is 2.44 bits per heavy atom. The number of amides is 1. The molecule has 6 heteroatoms. The van der Waals surface area contributed by atoms with Crippen LogP contribution in [0.3, 0.4) is 0 Å². The van der Waals surface area contributed by atoms with Gasteiger partial charge >= 0.3 is 0 Å². The SMILES string of the molecule is COCCN(CC(C)C)C(=O)C(C)(C)C(N)=NO. The minimum atomic E-state index is -1.02. The van der Waals surface area contributed by atoms with Crippen molar-refractivity contribution in [2.75, 3.05) is 26.8 Å². The summed E-state index contributed by atoms with van der Waals surface area (Å²) in [6.07, 6.45) is 0. The van der Waals surface area contributed by atoms with E-state index in [1.807, 2.05) is 13.8 Å². The predicted octanol–water partition coefficient (Wildman–Crippen LogP) is 0.890. The molecule has 0 unspecified atom stereocenters. The van der Waals surface area contributed by atoms with E-state index in [1.54, 1.807) is 25.9 Å². The van der Waals surface area contributed by atoms with E-state index < -0.39 is 5.41 Å². The van der Waals surface area contributed by atoms with Crippen molar-refractivity contribution in [1.82, 2.24) is 4.90 Å². The molecule has 0 fully saturated rings. The number of carbonyl (C=O) groups excluding carboxylic acids is 1. The third kappa shape index (κ3) is 4.52. The molecule has 1 amide bonds. The number of hydrogen-bond donors (Lipinski definition) is 2. The second-order valence-corrected chi connectivity index (χ2v) is 5.25. The van der Waals surface area contributed by atoms with Gasteiger partial charge in [-0.15, -0.1) is 0 Å². The van der Waals surface area contributed by atoms with Gasteiger partial charge in [0.15, 0.2) is 5.84 Å². The summed E-state index contributed by atoms with van der Waals surface area (Å²) in [4.78, 5) is 14.1. The van der Waals surface area contributed by atoms with Crippen molar-refractivity contribution in [3.05, 3.63) is 0 Å². The molecule has 6 nitrogen and oxygen atoms in total. The Hall–Kier alpha value is -1.30. The van der Waals surface area contributed by atoms with Crippen molar-refractivity contribution in [3.63, 3.8) is 0 Å². The van der Waals surface area contributed by atoms with Gasteiger partial charge < -0.3 is 20.6 Å². The van der Waals surface area contributed by atoms with E-state index in [4.69, 9.17) is 15.7 Å². The molecule has 0 radical (unpaired) electrons. The van der Waals surface area contributed by atoms with Gasteiger partial charge in [0.25, 0.3) is 0 Å². The topological polar surface area (TPSA) is 88.2 Å². The summed E-state index contributed by atoms with van der Waals surface area (Å²) in [6.45, 7) is 8.92. The fourth-order valence-electron chi connectivity index (χ4n) is 1.55. The first-order chi connectivity index (χ1) is 8.27. The molecular formula is C12H25N3O3. The number of oxime groups is 1. The lowest BCUT2D eigenvalue weighted by Gasteiger charge is -2.32. The van der Waals surface area contributed by atoms with Crippen LogP contribution in [0.4, 0.5) is 0 Å². The van der Waals surface area contributed by atoms with E-state index >= 15 is 0 Å². The van der Waals surface area contributed by atoms with Crippen LogP contribution in [-0.4, -0.2) is 48.7 Å². The Morgan fingerprint density at radius 2 is 2.06 bits per heavy atom. The number of rotatable bonds is 7. The summed E-state index contributed by atoms with van der Waals surface area (Å²) in [6, 6.07) is 0. The molecule has 0 atom stereocenters. The second kappa shape index (κ2) is 7.20. The van der Waals surface area contributed by atoms with Crippen molar-refractivity contribution in [1.29, 1.82) is 0 Å². The number of ether oxygens (including phenoxy) is 1.